The highest BCUT2D eigenvalue weighted by Gasteiger charge is 2.16. The van der Waals surface area contributed by atoms with Gasteiger partial charge < -0.3 is 9.77 Å². The molecule has 2 heterocycles. The van der Waals surface area contributed by atoms with Gasteiger partial charge in [-0.25, -0.2) is 8.42 Å². The molecule has 0 fully saturated rings. The number of nitrogens with zero attached hydrogens (tertiary/aromatic N) is 2. The Morgan fingerprint density at radius 3 is 2.77 bits per heavy atom. The second-order valence-corrected chi connectivity index (χ2v) is 9.12. The number of rotatable bonds is 6. The fraction of sp³-hybridized carbons (Fsp3) is 0.278. The van der Waals surface area contributed by atoms with E-state index < -0.39 is 10.0 Å². The van der Waals surface area contributed by atoms with Gasteiger partial charge in [-0.2, -0.15) is 0 Å². The van der Waals surface area contributed by atoms with E-state index in [4.69, 9.17) is 5.21 Å². The van der Waals surface area contributed by atoms with Gasteiger partial charge in [0.1, 0.15) is 0 Å². The Balaban J connectivity index is 2.17. The minimum absolute atomic E-state index is 0.276. The van der Waals surface area contributed by atoms with E-state index in [0.29, 0.717) is 5.69 Å². The van der Waals surface area contributed by atoms with Crippen molar-refractivity contribution in [2.75, 3.05) is 11.0 Å². The van der Waals surface area contributed by atoms with Crippen LogP contribution in [0.2, 0.25) is 0 Å². The molecule has 0 amide bonds. The maximum Gasteiger partial charge on any atom is 0.229 e. The highest BCUT2D eigenvalue weighted by Crippen LogP contribution is 2.37. The third kappa shape index (κ3) is 3.76. The molecule has 0 aliphatic rings. The van der Waals surface area contributed by atoms with Gasteiger partial charge in [-0.3, -0.25) is 4.72 Å². The lowest BCUT2D eigenvalue weighted by Crippen LogP contribution is -2.09. The van der Waals surface area contributed by atoms with E-state index >= 15 is 0 Å². The molecule has 1 aromatic carbocycles. The van der Waals surface area contributed by atoms with Gasteiger partial charge in [-0.1, -0.05) is 18.1 Å². The van der Waals surface area contributed by atoms with E-state index in [2.05, 4.69) is 34.5 Å². The van der Waals surface area contributed by atoms with Gasteiger partial charge in [0.05, 0.1) is 23.7 Å². The molecule has 0 saturated carbocycles. The first-order valence-corrected chi connectivity index (χ1v) is 10.9. The second-order valence-electron chi connectivity index (χ2n) is 6.26. The molecule has 0 radical (unpaired) electrons. The summed E-state index contributed by atoms with van der Waals surface area (Å²) in [6, 6.07) is 9.77. The van der Waals surface area contributed by atoms with Crippen LogP contribution in [0.15, 0.2) is 41.7 Å². The summed E-state index contributed by atoms with van der Waals surface area (Å²) in [4.78, 5) is 1.93. The van der Waals surface area contributed by atoms with Crippen molar-refractivity contribution in [1.29, 1.82) is 0 Å². The van der Waals surface area contributed by atoms with Crippen molar-refractivity contribution in [3.63, 3.8) is 0 Å². The largest absolute Gasteiger partial charge is 0.411 e. The number of anilines is 1. The van der Waals surface area contributed by atoms with Crippen LogP contribution in [-0.2, 0) is 10.0 Å². The fourth-order valence-electron chi connectivity index (χ4n) is 2.91. The van der Waals surface area contributed by atoms with Crippen molar-refractivity contribution >= 4 is 44.2 Å². The van der Waals surface area contributed by atoms with Gasteiger partial charge >= 0.3 is 0 Å². The first-order chi connectivity index (χ1) is 12.3. The molecule has 1 atom stereocenters. The Bertz CT molecular complexity index is 1060. The number of thiophene rings is 1. The second kappa shape index (κ2) is 7.13. The smallest absolute Gasteiger partial charge is 0.229 e. The predicted octanol–water partition coefficient (Wildman–Crippen LogP) is 4.52. The van der Waals surface area contributed by atoms with E-state index in [-0.39, 0.29) is 6.04 Å². The standard InChI is InChI=1S/C18H21N3O3S2/c1-4-12(2)21-11-16(18-8-6-14(25-18)10-19-22)15-7-5-13(9-17(15)21)20-26(3,23)24/h5-12,20,22H,4H2,1-3H3. The van der Waals surface area contributed by atoms with Crippen LogP contribution >= 0.6 is 11.3 Å². The van der Waals surface area contributed by atoms with Crippen LogP contribution in [0.4, 0.5) is 5.69 Å². The molecule has 0 aliphatic heterocycles. The molecule has 0 bridgehead atoms. The summed E-state index contributed by atoms with van der Waals surface area (Å²) < 4.78 is 27.8. The van der Waals surface area contributed by atoms with Gasteiger partial charge in [0.25, 0.3) is 0 Å². The summed E-state index contributed by atoms with van der Waals surface area (Å²) in [7, 11) is -3.33. The van der Waals surface area contributed by atoms with Crippen molar-refractivity contribution in [3.8, 4) is 10.4 Å². The third-order valence-corrected chi connectivity index (χ3v) is 5.94. The van der Waals surface area contributed by atoms with E-state index in [0.717, 1.165) is 38.9 Å². The van der Waals surface area contributed by atoms with Crippen LogP contribution in [0.5, 0.6) is 0 Å². The summed E-state index contributed by atoms with van der Waals surface area (Å²) in [5, 5.41) is 12.9. The number of nitrogens with one attached hydrogen (secondary N) is 1. The van der Waals surface area contributed by atoms with Gasteiger partial charge in [-0.05, 0) is 37.6 Å². The lowest BCUT2D eigenvalue weighted by Gasteiger charge is -2.13. The highest BCUT2D eigenvalue weighted by atomic mass is 32.2. The van der Waals surface area contributed by atoms with E-state index in [9.17, 15) is 8.42 Å². The summed E-state index contributed by atoms with van der Waals surface area (Å²) in [6.07, 6.45) is 5.62. The fourth-order valence-corrected chi connectivity index (χ4v) is 4.36. The average Bonchev–Trinajstić information content (AvgIpc) is 3.17. The SMILES string of the molecule is CCC(C)n1cc(-c2ccc(C=NO)s2)c2ccc(NS(C)(=O)=O)cc21. The summed E-state index contributed by atoms with van der Waals surface area (Å²) in [5.74, 6) is 0. The summed E-state index contributed by atoms with van der Waals surface area (Å²) in [5.41, 5.74) is 2.61. The van der Waals surface area contributed by atoms with Crippen LogP contribution in [0.25, 0.3) is 21.3 Å². The number of oxime groups is 1. The Morgan fingerprint density at radius 1 is 1.35 bits per heavy atom. The molecule has 6 nitrogen and oxygen atoms in total. The molecule has 26 heavy (non-hydrogen) atoms. The maximum atomic E-state index is 11.6. The third-order valence-electron chi connectivity index (χ3n) is 4.28. The molecule has 3 aromatic rings. The first kappa shape index (κ1) is 18.5. The Kier molecular flexibility index (Phi) is 5.06. The Morgan fingerprint density at radius 2 is 2.12 bits per heavy atom. The highest BCUT2D eigenvalue weighted by molar-refractivity contribution is 7.92. The summed E-state index contributed by atoms with van der Waals surface area (Å²) >= 11 is 1.54. The normalized spacial score (nSPS) is 13.5. The number of benzene rings is 1. The van der Waals surface area contributed by atoms with Crippen molar-refractivity contribution in [3.05, 3.63) is 41.4 Å². The van der Waals surface area contributed by atoms with E-state index in [1.165, 1.54) is 17.6 Å². The quantitative estimate of drug-likeness (QED) is 0.368. The zero-order chi connectivity index (χ0) is 18.9. The Hall–Kier alpha value is -2.32. The predicted molar refractivity (Wildman–Crippen MR) is 108 cm³/mol. The lowest BCUT2D eigenvalue weighted by atomic mass is 10.1. The Labute approximate surface area is 156 Å². The number of sulfonamides is 1. The molecular weight excluding hydrogens is 370 g/mol. The number of hydrogen-bond acceptors (Lipinski definition) is 5. The molecule has 0 saturated heterocycles. The number of aromatic nitrogens is 1. The van der Waals surface area contributed by atoms with Crippen molar-refractivity contribution in [1.82, 2.24) is 4.57 Å². The van der Waals surface area contributed by atoms with Crippen molar-refractivity contribution in [2.24, 2.45) is 5.16 Å². The van der Waals surface area contributed by atoms with E-state index in [1.807, 2.05) is 24.3 Å². The topological polar surface area (TPSA) is 83.7 Å². The molecule has 0 spiro atoms. The van der Waals surface area contributed by atoms with Crippen LogP contribution in [0.3, 0.4) is 0 Å². The average molecular weight is 392 g/mol. The molecular formula is C18H21N3O3S2. The van der Waals surface area contributed by atoms with Gasteiger partial charge in [0.2, 0.25) is 10.0 Å². The van der Waals surface area contributed by atoms with Crippen molar-refractivity contribution < 1.29 is 13.6 Å². The molecule has 2 N–H and O–H groups in total. The maximum absolute atomic E-state index is 11.6. The van der Waals surface area contributed by atoms with Gasteiger partial charge in [0, 0.05) is 32.9 Å². The molecule has 3 rings (SSSR count). The molecule has 1 unspecified atom stereocenters. The molecule has 0 aliphatic carbocycles. The minimum Gasteiger partial charge on any atom is -0.411 e. The van der Waals surface area contributed by atoms with Gasteiger partial charge in [0.15, 0.2) is 0 Å². The molecule has 2 aromatic heterocycles. The minimum atomic E-state index is -3.33. The molecule has 138 valence electrons. The van der Waals surface area contributed by atoms with Gasteiger partial charge in [-0.15, -0.1) is 11.3 Å². The zero-order valence-corrected chi connectivity index (χ0v) is 16.4. The van der Waals surface area contributed by atoms with Crippen LogP contribution in [0, 0.1) is 0 Å². The van der Waals surface area contributed by atoms with Crippen LogP contribution in [0.1, 0.15) is 31.2 Å². The zero-order valence-electron chi connectivity index (χ0n) is 14.8. The number of fused-ring (bicyclic) bond motifs is 1. The van der Waals surface area contributed by atoms with Crippen LogP contribution in [-0.4, -0.2) is 30.7 Å². The number of hydrogen-bond donors (Lipinski definition) is 2. The van der Waals surface area contributed by atoms with Crippen LogP contribution < -0.4 is 4.72 Å². The molecule has 8 heteroatoms. The first-order valence-electron chi connectivity index (χ1n) is 8.22. The lowest BCUT2D eigenvalue weighted by molar-refractivity contribution is 0.322. The monoisotopic (exact) mass is 391 g/mol. The summed E-state index contributed by atoms with van der Waals surface area (Å²) in [6.45, 7) is 4.26. The van der Waals surface area contributed by atoms with Crippen molar-refractivity contribution in [2.45, 2.75) is 26.3 Å². The van der Waals surface area contributed by atoms with E-state index in [1.54, 1.807) is 6.07 Å².